The fourth-order valence-corrected chi connectivity index (χ4v) is 6.36. The van der Waals surface area contributed by atoms with Gasteiger partial charge in [0, 0.05) is 30.1 Å². The van der Waals surface area contributed by atoms with E-state index in [9.17, 15) is 4.79 Å². The van der Waals surface area contributed by atoms with E-state index in [1.807, 2.05) is 18.0 Å². The number of carbonyl (C=O) groups is 1. The quantitative estimate of drug-likeness (QED) is 0.602. The van der Waals surface area contributed by atoms with Gasteiger partial charge in [0.05, 0.1) is 37.4 Å². The Bertz CT molecular complexity index is 1280. The number of thiophene rings is 1. The Hall–Kier alpha value is -3.04. The van der Waals surface area contributed by atoms with Crippen LogP contribution in [0.3, 0.4) is 0 Å². The molecule has 1 N–H and O–H groups in total. The summed E-state index contributed by atoms with van der Waals surface area (Å²) in [5.74, 6) is 1.88. The van der Waals surface area contributed by atoms with Crippen molar-refractivity contribution < 1.29 is 14.3 Å². The first-order chi connectivity index (χ1) is 16.7. The minimum absolute atomic E-state index is 0.0311. The lowest BCUT2D eigenvalue weighted by molar-refractivity contribution is -0.140. The van der Waals surface area contributed by atoms with Crippen LogP contribution in [0.5, 0.6) is 5.75 Å². The van der Waals surface area contributed by atoms with Gasteiger partial charge in [0.15, 0.2) is 0 Å². The van der Waals surface area contributed by atoms with E-state index in [-0.39, 0.29) is 11.8 Å². The van der Waals surface area contributed by atoms with Crippen LogP contribution in [-0.4, -0.2) is 59.9 Å². The first kappa shape index (κ1) is 21.5. The first-order valence-corrected chi connectivity index (χ1v) is 12.7. The molecule has 9 heteroatoms. The molecule has 3 aliphatic rings. The molecule has 34 heavy (non-hydrogen) atoms. The molecule has 1 fully saturated rings. The third kappa shape index (κ3) is 3.82. The molecular weight excluding hydrogens is 450 g/mol. The van der Waals surface area contributed by atoms with E-state index in [1.165, 1.54) is 16.0 Å². The molecule has 4 heterocycles. The molecule has 1 aromatic carbocycles. The van der Waals surface area contributed by atoms with Crippen molar-refractivity contribution in [2.45, 2.75) is 32.7 Å². The maximum absolute atomic E-state index is 13.1. The number of morpholine rings is 1. The summed E-state index contributed by atoms with van der Waals surface area (Å²) in [6.45, 7) is 5.92. The van der Waals surface area contributed by atoms with Gasteiger partial charge in [-0.15, -0.1) is 11.3 Å². The lowest BCUT2D eigenvalue weighted by Crippen LogP contribution is -2.44. The molecule has 2 aromatic heterocycles. The Kier molecular flexibility index (Phi) is 5.66. The van der Waals surface area contributed by atoms with E-state index in [0.717, 1.165) is 52.3 Å². The predicted octanol–water partition coefficient (Wildman–Crippen LogP) is 3.73. The maximum Gasteiger partial charge on any atom is 0.226 e. The van der Waals surface area contributed by atoms with Crippen LogP contribution < -0.4 is 10.1 Å². The van der Waals surface area contributed by atoms with Gasteiger partial charge < -0.3 is 19.7 Å². The zero-order valence-corrected chi connectivity index (χ0v) is 20.0. The molecular formula is C25H27N5O3S. The Labute approximate surface area is 202 Å². The SMILES string of the molecule is CCOc1cc2c(cc1Nc1ncnc3sc4c(c13)CCC(C(=O)N1CCOCC1)C4)C=NC2. The summed E-state index contributed by atoms with van der Waals surface area (Å²) in [6.07, 6.45) is 5.99. The summed E-state index contributed by atoms with van der Waals surface area (Å²) in [6, 6.07) is 4.15. The molecule has 1 amide bonds. The third-order valence-corrected chi connectivity index (χ3v) is 7.97. The molecule has 2 aliphatic heterocycles. The zero-order valence-electron chi connectivity index (χ0n) is 19.2. The molecule has 1 aliphatic carbocycles. The number of nitrogens with zero attached hydrogens (tertiary/aromatic N) is 4. The van der Waals surface area contributed by atoms with E-state index >= 15 is 0 Å². The van der Waals surface area contributed by atoms with Crippen molar-refractivity contribution in [1.29, 1.82) is 0 Å². The van der Waals surface area contributed by atoms with Crippen molar-refractivity contribution in [3.05, 3.63) is 40.0 Å². The van der Waals surface area contributed by atoms with Gasteiger partial charge in [-0.05, 0) is 55.0 Å². The second kappa shape index (κ2) is 8.96. The standard InChI is InChI=1S/C25H27N5O3S/c1-2-33-20-10-17-13-26-12-16(17)9-19(20)29-23-22-18-4-3-15(25(31)30-5-7-32-8-6-30)11-21(18)34-24(22)28-14-27-23/h9-10,12,14-15H,2-8,11,13H2,1H3,(H,27,28,29). The highest BCUT2D eigenvalue weighted by Gasteiger charge is 2.32. The number of benzene rings is 1. The highest BCUT2D eigenvalue weighted by molar-refractivity contribution is 7.19. The lowest BCUT2D eigenvalue weighted by atomic mass is 9.86. The van der Waals surface area contributed by atoms with Crippen LogP contribution in [0.2, 0.25) is 0 Å². The first-order valence-electron chi connectivity index (χ1n) is 11.9. The highest BCUT2D eigenvalue weighted by Crippen LogP contribution is 2.42. The maximum atomic E-state index is 13.1. The molecule has 1 unspecified atom stereocenters. The molecule has 3 aromatic rings. The van der Waals surface area contributed by atoms with Crippen LogP contribution in [0.1, 0.15) is 34.9 Å². The fraction of sp³-hybridized carbons (Fsp3) is 0.440. The molecule has 0 radical (unpaired) electrons. The molecule has 176 valence electrons. The van der Waals surface area contributed by atoms with Crippen LogP contribution in [0, 0.1) is 5.92 Å². The number of nitrogens with one attached hydrogen (secondary N) is 1. The molecule has 8 nitrogen and oxygen atoms in total. The number of hydrogen-bond donors (Lipinski definition) is 1. The van der Waals surface area contributed by atoms with Crippen molar-refractivity contribution in [2.24, 2.45) is 10.9 Å². The number of fused-ring (bicyclic) bond motifs is 4. The summed E-state index contributed by atoms with van der Waals surface area (Å²) >= 11 is 1.69. The van der Waals surface area contributed by atoms with E-state index in [1.54, 1.807) is 17.7 Å². The number of aliphatic imine (C=N–C) groups is 1. The smallest absolute Gasteiger partial charge is 0.226 e. The van der Waals surface area contributed by atoms with Gasteiger partial charge >= 0.3 is 0 Å². The Morgan fingerprint density at radius 3 is 3.03 bits per heavy atom. The average molecular weight is 478 g/mol. The van der Waals surface area contributed by atoms with Gasteiger partial charge in [0.1, 0.15) is 22.7 Å². The predicted molar refractivity (Wildman–Crippen MR) is 133 cm³/mol. The van der Waals surface area contributed by atoms with Gasteiger partial charge in [-0.25, -0.2) is 9.97 Å². The largest absolute Gasteiger partial charge is 0.492 e. The molecule has 1 saturated heterocycles. The van der Waals surface area contributed by atoms with Gasteiger partial charge in [-0.2, -0.15) is 0 Å². The van der Waals surface area contributed by atoms with Crippen LogP contribution >= 0.6 is 11.3 Å². The van der Waals surface area contributed by atoms with Crippen molar-refractivity contribution in [3.63, 3.8) is 0 Å². The molecule has 1 atom stereocenters. The second-order valence-electron chi connectivity index (χ2n) is 8.86. The van der Waals surface area contributed by atoms with Crippen LogP contribution in [-0.2, 0) is 28.9 Å². The number of ether oxygens (including phenoxy) is 2. The number of aromatic nitrogens is 2. The minimum atomic E-state index is 0.0311. The Morgan fingerprint density at radius 1 is 1.29 bits per heavy atom. The van der Waals surface area contributed by atoms with Crippen molar-refractivity contribution in [1.82, 2.24) is 14.9 Å². The number of amides is 1. The summed E-state index contributed by atoms with van der Waals surface area (Å²) in [5, 5.41) is 4.60. The number of hydrogen-bond acceptors (Lipinski definition) is 8. The van der Waals surface area contributed by atoms with E-state index in [0.29, 0.717) is 39.5 Å². The van der Waals surface area contributed by atoms with Crippen molar-refractivity contribution in [3.8, 4) is 5.75 Å². The summed E-state index contributed by atoms with van der Waals surface area (Å²) < 4.78 is 11.3. The molecule has 0 bridgehead atoms. The number of anilines is 2. The van der Waals surface area contributed by atoms with E-state index in [2.05, 4.69) is 32.4 Å². The average Bonchev–Trinajstić information content (AvgIpc) is 3.48. The summed E-state index contributed by atoms with van der Waals surface area (Å²) in [5.41, 5.74) is 4.43. The Morgan fingerprint density at radius 2 is 2.18 bits per heavy atom. The normalized spacial score (nSPS) is 19.2. The summed E-state index contributed by atoms with van der Waals surface area (Å²) in [4.78, 5) is 30.8. The van der Waals surface area contributed by atoms with Crippen molar-refractivity contribution >= 4 is 45.2 Å². The van der Waals surface area contributed by atoms with Crippen LogP contribution in [0.4, 0.5) is 11.5 Å². The number of aryl methyl sites for hydroxylation is 1. The molecule has 0 spiro atoms. The molecule has 6 rings (SSSR count). The Balaban J connectivity index is 1.31. The van der Waals surface area contributed by atoms with Gasteiger partial charge in [0.25, 0.3) is 0 Å². The van der Waals surface area contributed by atoms with Crippen LogP contribution in [0.15, 0.2) is 23.5 Å². The fourth-order valence-electron chi connectivity index (χ4n) is 5.10. The van der Waals surface area contributed by atoms with E-state index < -0.39 is 0 Å². The lowest BCUT2D eigenvalue weighted by Gasteiger charge is -2.31. The number of rotatable bonds is 5. The topological polar surface area (TPSA) is 88.9 Å². The molecule has 0 saturated carbocycles. The van der Waals surface area contributed by atoms with Gasteiger partial charge in [-0.3, -0.25) is 9.79 Å². The second-order valence-corrected chi connectivity index (χ2v) is 9.94. The third-order valence-electron chi connectivity index (χ3n) is 6.80. The highest BCUT2D eigenvalue weighted by atomic mass is 32.1. The van der Waals surface area contributed by atoms with Gasteiger partial charge in [-0.1, -0.05) is 0 Å². The van der Waals surface area contributed by atoms with E-state index in [4.69, 9.17) is 9.47 Å². The van der Waals surface area contributed by atoms with Crippen LogP contribution in [0.25, 0.3) is 10.2 Å². The number of carbonyl (C=O) groups excluding carboxylic acids is 1. The minimum Gasteiger partial charge on any atom is -0.492 e. The monoisotopic (exact) mass is 477 g/mol. The van der Waals surface area contributed by atoms with Gasteiger partial charge in [0.2, 0.25) is 5.91 Å². The summed E-state index contributed by atoms with van der Waals surface area (Å²) in [7, 11) is 0. The zero-order chi connectivity index (χ0) is 23.1. The van der Waals surface area contributed by atoms with Crippen molar-refractivity contribution in [2.75, 3.05) is 38.2 Å².